The topological polar surface area (TPSA) is 72.0 Å². The lowest BCUT2D eigenvalue weighted by molar-refractivity contribution is 0.443. The fraction of sp³-hybridized carbons (Fsp3) is 0.529. The van der Waals surface area contributed by atoms with Crippen LogP contribution in [0.4, 0.5) is 5.13 Å². The zero-order valence-electron chi connectivity index (χ0n) is 14.0. The van der Waals surface area contributed by atoms with Crippen molar-refractivity contribution < 1.29 is 8.42 Å². The van der Waals surface area contributed by atoms with Crippen molar-refractivity contribution in [2.45, 2.75) is 62.7 Å². The highest BCUT2D eigenvalue weighted by atomic mass is 32.2. The van der Waals surface area contributed by atoms with Crippen LogP contribution in [-0.2, 0) is 10.0 Å². The van der Waals surface area contributed by atoms with Crippen LogP contribution in [0.2, 0.25) is 0 Å². The van der Waals surface area contributed by atoms with Crippen LogP contribution in [0.3, 0.4) is 0 Å². The minimum absolute atomic E-state index is 0.232. The van der Waals surface area contributed by atoms with Gasteiger partial charge in [-0.3, -0.25) is 4.72 Å². The third kappa shape index (κ3) is 3.95. The molecule has 1 saturated carbocycles. The van der Waals surface area contributed by atoms with Crippen LogP contribution in [0.1, 0.15) is 68.4 Å². The Morgan fingerprint density at radius 1 is 1.08 bits per heavy atom. The predicted octanol–water partition coefficient (Wildman–Crippen LogP) is 4.51. The van der Waals surface area contributed by atoms with Crippen molar-refractivity contribution in [2.75, 3.05) is 4.72 Å². The van der Waals surface area contributed by atoms with Crippen molar-refractivity contribution in [3.63, 3.8) is 0 Å². The van der Waals surface area contributed by atoms with Crippen LogP contribution >= 0.6 is 11.3 Å². The zero-order chi connectivity index (χ0) is 17.2. The number of anilines is 1. The van der Waals surface area contributed by atoms with E-state index in [0.717, 1.165) is 5.01 Å². The van der Waals surface area contributed by atoms with E-state index in [1.54, 1.807) is 12.1 Å². The van der Waals surface area contributed by atoms with E-state index in [0.29, 0.717) is 11.0 Å². The Kier molecular flexibility index (Phi) is 5.20. The van der Waals surface area contributed by atoms with Gasteiger partial charge in [0.2, 0.25) is 5.13 Å². The first-order chi connectivity index (χ1) is 11.5. The molecule has 7 heteroatoms. The Labute approximate surface area is 147 Å². The largest absolute Gasteiger partial charge is 0.263 e. The summed E-state index contributed by atoms with van der Waals surface area (Å²) in [6.45, 7) is 4.01. The van der Waals surface area contributed by atoms with Crippen molar-refractivity contribution >= 4 is 26.5 Å². The lowest BCUT2D eigenvalue weighted by atomic mass is 9.84. The van der Waals surface area contributed by atoms with E-state index in [-0.39, 0.29) is 10.8 Å². The van der Waals surface area contributed by atoms with E-state index in [1.807, 2.05) is 26.0 Å². The summed E-state index contributed by atoms with van der Waals surface area (Å²) < 4.78 is 27.5. The van der Waals surface area contributed by atoms with Gasteiger partial charge in [-0.1, -0.05) is 56.6 Å². The van der Waals surface area contributed by atoms with Crippen LogP contribution < -0.4 is 4.72 Å². The first-order valence-electron chi connectivity index (χ1n) is 8.42. The number of sulfonamides is 1. The smallest absolute Gasteiger partial charge is 0.253 e. The molecule has 2 aromatic rings. The van der Waals surface area contributed by atoms with Crippen LogP contribution in [0, 0.1) is 0 Å². The molecule has 0 bridgehead atoms. The van der Waals surface area contributed by atoms with Gasteiger partial charge in [0.25, 0.3) is 10.0 Å². The standard InChI is InChI=1S/C17H23N3O2S2/c1-12(2)16-18-19-17(23-16)20-24(21,22)15-10-8-14(9-11-15)13-6-4-3-5-7-13/h8-13H,3-7H2,1-2H3,(H,19,20). The molecule has 0 aliphatic heterocycles. The van der Waals surface area contributed by atoms with Gasteiger partial charge >= 0.3 is 0 Å². The van der Waals surface area contributed by atoms with Crippen LogP contribution in [0.15, 0.2) is 29.2 Å². The normalized spacial score (nSPS) is 16.5. The Morgan fingerprint density at radius 3 is 2.33 bits per heavy atom. The molecule has 0 atom stereocenters. The fourth-order valence-electron chi connectivity index (χ4n) is 3.04. The van der Waals surface area contributed by atoms with Crippen molar-refractivity contribution in [2.24, 2.45) is 0 Å². The summed E-state index contributed by atoms with van der Waals surface area (Å²) in [5, 5.41) is 9.06. The summed E-state index contributed by atoms with van der Waals surface area (Å²) in [6, 6.07) is 7.28. The summed E-state index contributed by atoms with van der Waals surface area (Å²) in [5.41, 5.74) is 1.24. The van der Waals surface area contributed by atoms with Crippen molar-refractivity contribution in [3.05, 3.63) is 34.8 Å². The number of nitrogens with one attached hydrogen (secondary N) is 1. The maximum absolute atomic E-state index is 12.5. The maximum atomic E-state index is 12.5. The van der Waals surface area contributed by atoms with E-state index < -0.39 is 10.0 Å². The summed E-state index contributed by atoms with van der Waals surface area (Å²) in [6.07, 6.45) is 6.25. The van der Waals surface area contributed by atoms with Crippen molar-refractivity contribution in [3.8, 4) is 0 Å². The lowest BCUT2D eigenvalue weighted by Gasteiger charge is -2.22. The molecule has 1 aliphatic carbocycles. The number of rotatable bonds is 5. The lowest BCUT2D eigenvalue weighted by Crippen LogP contribution is -2.13. The van der Waals surface area contributed by atoms with Crippen molar-refractivity contribution in [1.82, 2.24) is 10.2 Å². The van der Waals surface area contributed by atoms with E-state index >= 15 is 0 Å². The van der Waals surface area contributed by atoms with Gasteiger partial charge in [-0.2, -0.15) is 0 Å². The molecule has 3 rings (SSSR count). The molecule has 24 heavy (non-hydrogen) atoms. The third-order valence-corrected chi connectivity index (χ3v) is 7.05. The molecule has 0 saturated heterocycles. The molecule has 5 nitrogen and oxygen atoms in total. The first kappa shape index (κ1) is 17.4. The number of benzene rings is 1. The second kappa shape index (κ2) is 7.19. The summed E-state index contributed by atoms with van der Waals surface area (Å²) in [7, 11) is -3.62. The Hall–Kier alpha value is -1.47. The molecule has 1 aromatic heterocycles. The van der Waals surface area contributed by atoms with Gasteiger partial charge in [-0.25, -0.2) is 8.42 Å². The summed E-state index contributed by atoms with van der Waals surface area (Å²) in [4.78, 5) is 0.267. The molecule has 1 aromatic carbocycles. The minimum Gasteiger partial charge on any atom is -0.253 e. The molecular weight excluding hydrogens is 342 g/mol. The first-order valence-corrected chi connectivity index (χ1v) is 10.7. The Balaban J connectivity index is 1.74. The molecule has 1 N–H and O–H groups in total. The molecule has 0 unspecified atom stereocenters. The number of hydrogen-bond donors (Lipinski definition) is 1. The van der Waals surface area contributed by atoms with Crippen molar-refractivity contribution in [1.29, 1.82) is 0 Å². The quantitative estimate of drug-likeness (QED) is 0.846. The molecular formula is C17H23N3O2S2. The van der Waals surface area contributed by atoms with Gasteiger partial charge in [-0.05, 0) is 36.5 Å². The average molecular weight is 366 g/mol. The van der Waals surface area contributed by atoms with E-state index in [9.17, 15) is 8.42 Å². The fourth-order valence-corrected chi connectivity index (χ4v) is 5.01. The molecule has 0 spiro atoms. The second-order valence-corrected chi connectivity index (χ2v) is 9.30. The third-order valence-electron chi connectivity index (χ3n) is 4.42. The predicted molar refractivity (Wildman–Crippen MR) is 97.1 cm³/mol. The number of aromatic nitrogens is 2. The summed E-state index contributed by atoms with van der Waals surface area (Å²) >= 11 is 1.28. The number of nitrogens with zero attached hydrogens (tertiary/aromatic N) is 2. The molecule has 0 radical (unpaired) electrons. The molecule has 1 aliphatic rings. The van der Waals surface area contributed by atoms with E-state index in [2.05, 4.69) is 14.9 Å². The minimum atomic E-state index is -3.62. The highest BCUT2D eigenvalue weighted by molar-refractivity contribution is 7.93. The monoisotopic (exact) mass is 365 g/mol. The maximum Gasteiger partial charge on any atom is 0.263 e. The highest BCUT2D eigenvalue weighted by Crippen LogP contribution is 2.33. The van der Waals surface area contributed by atoms with Gasteiger partial charge in [0.1, 0.15) is 5.01 Å². The van der Waals surface area contributed by atoms with Crippen LogP contribution in [0.25, 0.3) is 0 Å². The SMILES string of the molecule is CC(C)c1nnc(NS(=O)(=O)c2ccc(C3CCCCC3)cc2)s1. The van der Waals surface area contributed by atoms with Gasteiger partial charge in [0.15, 0.2) is 0 Å². The van der Waals surface area contributed by atoms with Gasteiger partial charge in [0.05, 0.1) is 4.90 Å². The Bertz CT molecular complexity index is 776. The number of hydrogen-bond acceptors (Lipinski definition) is 5. The highest BCUT2D eigenvalue weighted by Gasteiger charge is 2.19. The zero-order valence-corrected chi connectivity index (χ0v) is 15.7. The molecule has 1 fully saturated rings. The molecule has 130 valence electrons. The Morgan fingerprint density at radius 2 is 1.75 bits per heavy atom. The molecule has 1 heterocycles. The average Bonchev–Trinajstić information content (AvgIpc) is 3.04. The van der Waals surface area contributed by atoms with Crippen LogP contribution in [-0.4, -0.2) is 18.6 Å². The van der Waals surface area contributed by atoms with Gasteiger partial charge in [0, 0.05) is 5.92 Å². The summed E-state index contributed by atoms with van der Waals surface area (Å²) in [5.74, 6) is 0.802. The second-order valence-electron chi connectivity index (χ2n) is 6.61. The van der Waals surface area contributed by atoms with E-state index in [1.165, 1.54) is 49.0 Å². The van der Waals surface area contributed by atoms with Gasteiger partial charge < -0.3 is 0 Å². The molecule has 0 amide bonds. The van der Waals surface area contributed by atoms with Crippen LogP contribution in [0.5, 0.6) is 0 Å². The van der Waals surface area contributed by atoms with Gasteiger partial charge in [-0.15, -0.1) is 10.2 Å². The van der Waals surface area contributed by atoms with E-state index in [4.69, 9.17) is 0 Å².